The quantitative estimate of drug-likeness (QED) is 0.646. The van der Waals surface area contributed by atoms with Gasteiger partial charge in [0.2, 0.25) is 0 Å². The highest BCUT2D eigenvalue weighted by molar-refractivity contribution is 7.94. The van der Waals surface area contributed by atoms with Crippen LogP contribution in [0.2, 0.25) is 4.34 Å². The molecular weight excluding hydrogens is 378 g/mol. The van der Waals surface area contributed by atoms with Crippen molar-refractivity contribution in [3.8, 4) is 0 Å². The van der Waals surface area contributed by atoms with Crippen molar-refractivity contribution in [2.45, 2.75) is 17.7 Å². The second-order valence-electron chi connectivity index (χ2n) is 5.44. The predicted octanol–water partition coefficient (Wildman–Crippen LogP) is 4.52. The fourth-order valence-electron chi connectivity index (χ4n) is 2.10. The summed E-state index contributed by atoms with van der Waals surface area (Å²) >= 11 is 6.79. The van der Waals surface area contributed by atoms with Gasteiger partial charge in [0.25, 0.3) is 10.0 Å². The molecule has 0 atom stereocenters. The maximum atomic E-state index is 12.2. The molecule has 130 valence electrons. The van der Waals surface area contributed by atoms with Gasteiger partial charge < -0.3 is 5.32 Å². The van der Waals surface area contributed by atoms with Gasteiger partial charge in [0.15, 0.2) is 0 Å². The van der Waals surface area contributed by atoms with Gasteiger partial charge in [-0.3, -0.25) is 4.72 Å². The second-order valence-corrected chi connectivity index (χ2v) is 9.06. The molecule has 1 aromatic carbocycles. The molecule has 2 N–H and O–H groups in total. The maximum absolute atomic E-state index is 12.2. The van der Waals surface area contributed by atoms with Crippen LogP contribution in [0.25, 0.3) is 0 Å². The van der Waals surface area contributed by atoms with Crippen LogP contribution in [0.4, 0.5) is 11.5 Å². The van der Waals surface area contributed by atoms with Crippen molar-refractivity contribution >= 4 is 44.5 Å². The highest BCUT2D eigenvalue weighted by atomic mass is 35.5. The Bertz CT molecular complexity index is 952. The van der Waals surface area contributed by atoms with E-state index in [-0.39, 0.29) is 10.0 Å². The van der Waals surface area contributed by atoms with E-state index in [9.17, 15) is 8.42 Å². The molecule has 5 nitrogen and oxygen atoms in total. The Hall–Kier alpha value is -2.09. The number of thiophene rings is 1. The van der Waals surface area contributed by atoms with Gasteiger partial charge in [-0.2, -0.15) is 0 Å². The Labute approximate surface area is 155 Å². The first-order valence-corrected chi connectivity index (χ1v) is 10.1. The summed E-state index contributed by atoms with van der Waals surface area (Å²) in [5.74, 6) is 0.255. The molecule has 0 aliphatic carbocycles. The SMILES string of the molecule is Cc1ccc(CNc2ccc(NS(=O)(=O)c3ccc(Cl)s3)nc2)cc1. The van der Waals surface area contributed by atoms with E-state index in [1.165, 1.54) is 11.6 Å². The first-order valence-electron chi connectivity index (χ1n) is 7.46. The number of benzene rings is 1. The average molecular weight is 394 g/mol. The largest absolute Gasteiger partial charge is 0.380 e. The molecule has 0 radical (unpaired) electrons. The van der Waals surface area contributed by atoms with Gasteiger partial charge in [-0.15, -0.1) is 11.3 Å². The lowest BCUT2D eigenvalue weighted by molar-refractivity contribution is 0.603. The minimum Gasteiger partial charge on any atom is -0.380 e. The van der Waals surface area contributed by atoms with E-state index in [0.29, 0.717) is 10.9 Å². The third-order valence-electron chi connectivity index (χ3n) is 3.43. The molecule has 0 unspecified atom stereocenters. The van der Waals surface area contributed by atoms with Crippen LogP contribution in [0.5, 0.6) is 0 Å². The van der Waals surface area contributed by atoms with Crippen LogP contribution in [-0.4, -0.2) is 13.4 Å². The summed E-state index contributed by atoms with van der Waals surface area (Å²) in [5, 5.41) is 3.25. The van der Waals surface area contributed by atoms with Gasteiger partial charge in [-0.05, 0) is 36.8 Å². The van der Waals surface area contributed by atoms with Crippen molar-refractivity contribution in [2.24, 2.45) is 0 Å². The second kappa shape index (κ2) is 7.43. The Morgan fingerprint density at radius 1 is 1.08 bits per heavy atom. The van der Waals surface area contributed by atoms with E-state index < -0.39 is 10.0 Å². The Morgan fingerprint density at radius 2 is 1.84 bits per heavy atom. The summed E-state index contributed by atoms with van der Waals surface area (Å²) in [6.45, 7) is 2.71. The van der Waals surface area contributed by atoms with Crippen LogP contribution in [0.3, 0.4) is 0 Å². The average Bonchev–Trinajstić information content (AvgIpc) is 3.03. The highest BCUT2D eigenvalue weighted by Gasteiger charge is 2.17. The molecule has 0 fully saturated rings. The molecule has 8 heteroatoms. The minimum absolute atomic E-state index is 0.154. The normalized spacial score (nSPS) is 11.3. The molecular formula is C17H16ClN3O2S2. The Balaban J connectivity index is 1.63. The van der Waals surface area contributed by atoms with Gasteiger partial charge >= 0.3 is 0 Å². The minimum atomic E-state index is -3.66. The molecule has 0 spiro atoms. The summed E-state index contributed by atoms with van der Waals surface area (Å²) in [4.78, 5) is 4.14. The third-order valence-corrected chi connectivity index (χ3v) is 6.51. The number of nitrogens with zero attached hydrogens (tertiary/aromatic N) is 1. The van der Waals surface area contributed by atoms with E-state index in [2.05, 4.69) is 39.3 Å². The number of nitrogens with one attached hydrogen (secondary N) is 2. The third kappa shape index (κ3) is 4.72. The molecule has 2 heterocycles. The van der Waals surface area contributed by atoms with Crippen LogP contribution in [-0.2, 0) is 16.6 Å². The zero-order chi connectivity index (χ0) is 17.9. The molecule has 0 saturated heterocycles. The summed E-state index contributed by atoms with van der Waals surface area (Å²) in [6, 6.07) is 14.6. The molecule has 2 aromatic heterocycles. The molecule has 3 rings (SSSR count). The first kappa shape index (κ1) is 17.7. The maximum Gasteiger partial charge on any atom is 0.272 e. The lowest BCUT2D eigenvalue weighted by Crippen LogP contribution is -2.12. The predicted molar refractivity (Wildman–Crippen MR) is 103 cm³/mol. The van der Waals surface area contributed by atoms with Crippen molar-refractivity contribution in [3.05, 3.63) is 70.2 Å². The molecule has 0 aliphatic rings. The summed E-state index contributed by atoms with van der Waals surface area (Å²) in [6.07, 6.45) is 1.59. The van der Waals surface area contributed by atoms with Gasteiger partial charge in [0.1, 0.15) is 10.0 Å². The zero-order valence-corrected chi connectivity index (χ0v) is 15.8. The topological polar surface area (TPSA) is 71.1 Å². The zero-order valence-electron chi connectivity index (χ0n) is 13.4. The fraction of sp³-hybridized carbons (Fsp3) is 0.118. The molecule has 0 bridgehead atoms. The number of halogens is 1. The molecule has 3 aromatic rings. The Kier molecular flexibility index (Phi) is 5.27. The molecule has 0 saturated carbocycles. The van der Waals surface area contributed by atoms with Crippen molar-refractivity contribution in [1.29, 1.82) is 0 Å². The van der Waals surface area contributed by atoms with E-state index >= 15 is 0 Å². The molecule has 0 aliphatic heterocycles. The van der Waals surface area contributed by atoms with Crippen molar-refractivity contribution < 1.29 is 8.42 Å². The summed E-state index contributed by atoms with van der Waals surface area (Å²) in [7, 11) is -3.66. The number of rotatable bonds is 6. The first-order chi connectivity index (χ1) is 11.9. The van der Waals surface area contributed by atoms with E-state index in [0.717, 1.165) is 22.6 Å². The summed E-state index contributed by atoms with van der Waals surface area (Å²) in [5.41, 5.74) is 3.18. The number of sulfonamides is 1. The van der Waals surface area contributed by atoms with E-state index in [1.54, 1.807) is 24.4 Å². The number of aromatic nitrogens is 1. The molecule has 0 amide bonds. The number of anilines is 2. The van der Waals surface area contributed by atoms with E-state index in [1.807, 2.05) is 6.92 Å². The smallest absolute Gasteiger partial charge is 0.272 e. The highest BCUT2D eigenvalue weighted by Crippen LogP contribution is 2.27. The van der Waals surface area contributed by atoms with Crippen molar-refractivity contribution in [3.63, 3.8) is 0 Å². The lowest BCUT2D eigenvalue weighted by Gasteiger charge is -2.09. The number of pyridine rings is 1. The number of aryl methyl sites for hydroxylation is 1. The number of hydrogen-bond acceptors (Lipinski definition) is 5. The monoisotopic (exact) mass is 393 g/mol. The van der Waals surface area contributed by atoms with Crippen LogP contribution in [0.1, 0.15) is 11.1 Å². The lowest BCUT2D eigenvalue weighted by atomic mass is 10.1. The van der Waals surface area contributed by atoms with Gasteiger partial charge in [-0.1, -0.05) is 41.4 Å². The van der Waals surface area contributed by atoms with Crippen LogP contribution >= 0.6 is 22.9 Å². The van der Waals surface area contributed by atoms with Crippen LogP contribution < -0.4 is 10.0 Å². The van der Waals surface area contributed by atoms with Crippen molar-refractivity contribution in [1.82, 2.24) is 4.98 Å². The van der Waals surface area contributed by atoms with Gasteiger partial charge in [0, 0.05) is 6.54 Å². The summed E-state index contributed by atoms with van der Waals surface area (Å²) < 4.78 is 27.5. The standard InChI is InChI=1S/C17H16ClN3O2S2/c1-12-2-4-13(5-3-12)10-19-14-6-8-16(20-11-14)21-25(22,23)17-9-7-15(18)24-17/h2-9,11,19H,10H2,1H3,(H,20,21). The fourth-order valence-corrected chi connectivity index (χ4v) is 4.59. The van der Waals surface area contributed by atoms with Crippen molar-refractivity contribution in [2.75, 3.05) is 10.0 Å². The van der Waals surface area contributed by atoms with Gasteiger partial charge in [0.05, 0.1) is 16.2 Å². The van der Waals surface area contributed by atoms with E-state index in [4.69, 9.17) is 11.6 Å². The van der Waals surface area contributed by atoms with Crippen LogP contribution in [0, 0.1) is 6.92 Å². The van der Waals surface area contributed by atoms with Gasteiger partial charge in [-0.25, -0.2) is 13.4 Å². The number of hydrogen-bond donors (Lipinski definition) is 2. The Morgan fingerprint density at radius 3 is 2.44 bits per heavy atom. The van der Waals surface area contributed by atoms with Crippen LogP contribution in [0.15, 0.2) is 58.9 Å². The molecule has 25 heavy (non-hydrogen) atoms.